The summed E-state index contributed by atoms with van der Waals surface area (Å²) in [6.45, 7) is 0. The molecule has 1 amide bonds. The molecule has 0 atom stereocenters. The molecule has 5 heteroatoms. The van der Waals surface area contributed by atoms with Gasteiger partial charge in [0.05, 0.1) is 5.75 Å². The van der Waals surface area contributed by atoms with Crippen molar-refractivity contribution in [1.82, 2.24) is 5.32 Å². The molecule has 1 fully saturated rings. The molecule has 0 aromatic heterocycles. The second-order valence-electron chi connectivity index (χ2n) is 4.28. The Morgan fingerprint density at radius 1 is 1.27 bits per heavy atom. The number of amides is 1. The Hall–Kier alpha value is -0.580. The van der Waals surface area contributed by atoms with Crippen molar-refractivity contribution in [2.75, 3.05) is 12.0 Å². The standard InChI is InChI=1S/C10H19NO3S/c1-15(13,14)8-7-10(12)11-9-5-3-2-4-6-9/h9H,2-8H2,1H3,(H,11,12). The Kier molecular flexibility index (Phi) is 4.57. The van der Waals surface area contributed by atoms with Crippen LogP contribution in [0.4, 0.5) is 0 Å². The lowest BCUT2D eigenvalue weighted by Crippen LogP contribution is -2.36. The highest BCUT2D eigenvalue weighted by molar-refractivity contribution is 7.90. The fourth-order valence-corrected chi connectivity index (χ4v) is 2.38. The Bertz CT molecular complexity index is 305. The van der Waals surface area contributed by atoms with Crippen LogP contribution >= 0.6 is 0 Å². The summed E-state index contributed by atoms with van der Waals surface area (Å²) in [4.78, 5) is 11.4. The van der Waals surface area contributed by atoms with Crippen molar-refractivity contribution in [3.63, 3.8) is 0 Å². The van der Waals surface area contributed by atoms with Crippen LogP contribution in [0.1, 0.15) is 38.5 Å². The maximum absolute atomic E-state index is 11.4. The molecule has 1 aliphatic carbocycles. The van der Waals surface area contributed by atoms with Gasteiger partial charge in [-0.2, -0.15) is 0 Å². The van der Waals surface area contributed by atoms with E-state index in [1.165, 1.54) is 6.42 Å². The number of nitrogens with one attached hydrogen (secondary N) is 1. The maximum atomic E-state index is 11.4. The number of carbonyl (C=O) groups is 1. The summed E-state index contributed by atoms with van der Waals surface area (Å²) < 4.78 is 21.7. The van der Waals surface area contributed by atoms with E-state index in [4.69, 9.17) is 0 Å². The average molecular weight is 233 g/mol. The molecular formula is C10H19NO3S. The molecule has 1 saturated carbocycles. The SMILES string of the molecule is CS(=O)(=O)CCC(=O)NC1CCCCC1. The first-order chi connectivity index (χ1) is 6.97. The summed E-state index contributed by atoms with van der Waals surface area (Å²) in [7, 11) is -3.02. The van der Waals surface area contributed by atoms with Crippen LogP contribution in [0.5, 0.6) is 0 Å². The zero-order valence-electron chi connectivity index (χ0n) is 9.16. The molecular weight excluding hydrogens is 214 g/mol. The summed E-state index contributed by atoms with van der Waals surface area (Å²) in [5.41, 5.74) is 0. The second-order valence-corrected chi connectivity index (χ2v) is 6.54. The second kappa shape index (κ2) is 5.49. The van der Waals surface area contributed by atoms with E-state index in [0.717, 1.165) is 31.9 Å². The van der Waals surface area contributed by atoms with Crippen LogP contribution in [-0.2, 0) is 14.6 Å². The monoisotopic (exact) mass is 233 g/mol. The number of hydrogen-bond donors (Lipinski definition) is 1. The predicted molar refractivity (Wildman–Crippen MR) is 59.3 cm³/mol. The van der Waals surface area contributed by atoms with E-state index < -0.39 is 9.84 Å². The minimum atomic E-state index is -3.02. The molecule has 0 aliphatic heterocycles. The van der Waals surface area contributed by atoms with Crippen LogP contribution in [0.15, 0.2) is 0 Å². The van der Waals surface area contributed by atoms with Gasteiger partial charge in [0.1, 0.15) is 9.84 Å². The average Bonchev–Trinajstić information content (AvgIpc) is 2.15. The molecule has 0 saturated heterocycles. The Morgan fingerprint density at radius 2 is 1.87 bits per heavy atom. The van der Waals surface area contributed by atoms with Crippen molar-refractivity contribution in [3.8, 4) is 0 Å². The van der Waals surface area contributed by atoms with Crippen LogP contribution in [0, 0.1) is 0 Å². The molecule has 0 aromatic rings. The van der Waals surface area contributed by atoms with Gasteiger partial charge in [0.15, 0.2) is 0 Å². The van der Waals surface area contributed by atoms with E-state index >= 15 is 0 Å². The third-order valence-corrected chi connectivity index (χ3v) is 3.62. The molecule has 0 radical (unpaired) electrons. The van der Waals surface area contributed by atoms with E-state index in [-0.39, 0.29) is 24.1 Å². The largest absolute Gasteiger partial charge is 0.353 e. The fraction of sp³-hybridized carbons (Fsp3) is 0.900. The molecule has 0 bridgehead atoms. The Balaban J connectivity index is 2.23. The maximum Gasteiger partial charge on any atom is 0.221 e. The molecule has 15 heavy (non-hydrogen) atoms. The van der Waals surface area contributed by atoms with Gasteiger partial charge in [-0.15, -0.1) is 0 Å². The van der Waals surface area contributed by atoms with Crippen LogP contribution in [-0.4, -0.2) is 32.4 Å². The van der Waals surface area contributed by atoms with Crippen molar-refractivity contribution >= 4 is 15.7 Å². The highest BCUT2D eigenvalue weighted by atomic mass is 32.2. The molecule has 1 rings (SSSR count). The van der Waals surface area contributed by atoms with Crippen molar-refractivity contribution in [1.29, 1.82) is 0 Å². The van der Waals surface area contributed by atoms with Crippen LogP contribution in [0.2, 0.25) is 0 Å². The number of rotatable bonds is 4. The van der Waals surface area contributed by atoms with Crippen molar-refractivity contribution < 1.29 is 13.2 Å². The quantitative estimate of drug-likeness (QED) is 0.783. The third kappa shape index (κ3) is 5.77. The van der Waals surface area contributed by atoms with Crippen molar-refractivity contribution in [3.05, 3.63) is 0 Å². The van der Waals surface area contributed by atoms with E-state index in [1.807, 2.05) is 0 Å². The van der Waals surface area contributed by atoms with Gasteiger partial charge in [-0.25, -0.2) is 8.42 Å². The molecule has 1 aliphatic rings. The lowest BCUT2D eigenvalue weighted by atomic mass is 9.95. The van der Waals surface area contributed by atoms with Crippen LogP contribution in [0.3, 0.4) is 0 Å². The first-order valence-corrected chi connectivity index (χ1v) is 7.50. The number of carbonyl (C=O) groups excluding carboxylic acids is 1. The Labute approximate surface area is 91.4 Å². The molecule has 4 nitrogen and oxygen atoms in total. The summed E-state index contributed by atoms with van der Waals surface area (Å²) in [6, 6.07) is 0.269. The lowest BCUT2D eigenvalue weighted by Gasteiger charge is -2.22. The summed E-state index contributed by atoms with van der Waals surface area (Å²) in [5, 5.41) is 2.89. The van der Waals surface area contributed by atoms with E-state index in [2.05, 4.69) is 5.32 Å². The molecule has 1 N–H and O–H groups in total. The molecule has 88 valence electrons. The van der Waals surface area contributed by atoms with Gasteiger partial charge in [-0.1, -0.05) is 19.3 Å². The third-order valence-electron chi connectivity index (χ3n) is 2.67. The van der Waals surface area contributed by atoms with Gasteiger partial charge in [0, 0.05) is 18.7 Å². The van der Waals surface area contributed by atoms with Crippen molar-refractivity contribution in [2.24, 2.45) is 0 Å². The van der Waals surface area contributed by atoms with Crippen LogP contribution < -0.4 is 5.32 Å². The van der Waals surface area contributed by atoms with Gasteiger partial charge in [0.25, 0.3) is 0 Å². The normalized spacial score (nSPS) is 18.7. The minimum absolute atomic E-state index is 0.0500. The van der Waals surface area contributed by atoms with Gasteiger partial charge in [0.2, 0.25) is 5.91 Å². The minimum Gasteiger partial charge on any atom is -0.353 e. The number of sulfone groups is 1. The summed E-state index contributed by atoms with van der Waals surface area (Å²) >= 11 is 0. The smallest absolute Gasteiger partial charge is 0.221 e. The Morgan fingerprint density at radius 3 is 2.40 bits per heavy atom. The predicted octanol–water partition coefficient (Wildman–Crippen LogP) is 0.870. The zero-order valence-corrected chi connectivity index (χ0v) is 9.98. The van der Waals surface area contributed by atoms with Gasteiger partial charge < -0.3 is 5.32 Å². The topological polar surface area (TPSA) is 63.2 Å². The molecule has 0 unspecified atom stereocenters. The number of hydrogen-bond acceptors (Lipinski definition) is 3. The zero-order chi connectivity index (χ0) is 11.3. The van der Waals surface area contributed by atoms with Gasteiger partial charge >= 0.3 is 0 Å². The molecule has 0 heterocycles. The van der Waals surface area contributed by atoms with E-state index in [1.54, 1.807) is 0 Å². The van der Waals surface area contributed by atoms with Gasteiger partial charge in [-0.05, 0) is 12.8 Å². The molecule has 0 spiro atoms. The van der Waals surface area contributed by atoms with E-state index in [9.17, 15) is 13.2 Å². The first-order valence-electron chi connectivity index (χ1n) is 5.44. The van der Waals surface area contributed by atoms with Gasteiger partial charge in [-0.3, -0.25) is 4.79 Å². The highest BCUT2D eigenvalue weighted by Crippen LogP contribution is 2.17. The summed E-state index contributed by atoms with van der Waals surface area (Å²) in [6.07, 6.45) is 6.88. The van der Waals surface area contributed by atoms with E-state index in [0.29, 0.717) is 0 Å². The molecule has 0 aromatic carbocycles. The summed E-state index contributed by atoms with van der Waals surface area (Å²) in [5.74, 6) is -0.182. The van der Waals surface area contributed by atoms with Crippen LogP contribution in [0.25, 0.3) is 0 Å². The van der Waals surface area contributed by atoms with Crippen molar-refractivity contribution in [2.45, 2.75) is 44.6 Å². The highest BCUT2D eigenvalue weighted by Gasteiger charge is 2.16. The fourth-order valence-electron chi connectivity index (χ4n) is 1.82. The first kappa shape index (κ1) is 12.5. The lowest BCUT2D eigenvalue weighted by molar-refractivity contribution is -0.121.